The first-order valence-electron chi connectivity index (χ1n) is 17.6. The maximum atomic E-state index is 12.8. The number of hydrogen-bond acceptors (Lipinski definition) is 9. The molecule has 1 heterocycles. The molecule has 52 heavy (non-hydrogen) atoms. The summed E-state index contributed by atoms with van der Waals surface area (Å²) in [7, 11) is 0. The molecule has 10 nitrogen and oxygen atoms in total. The zero-order valence-corrected chi connectivity index (χ0v) is 29.3. The van der Waals surface area contributed by atoms with Crippen LogP contribution in [0, 0.1) is 0 Å². The molecular weight excluding hydrogens is 662 g/mol. The van der Waals surface area contributed by atoms with E-state index in [0.29, 0.717) is 17.1 Å². The molecule has 5 rings (SSSR count). The van der Waals surface area contributed by atoms with Crippen molar-refractivity contribution in [2.24, 2.45) is 0 Å². The van der Waals surface area contributed by atoms with E-state index in [9.17, 15) is 24.0 Å². The van der Waals surface area contributed by atoms with Gasteiger partial charge in [-0.25, -0.2) is 4.79 Å². The van der Waals surface area contributed by atoms with Crippen LogP contribution in [0.15, 0.2) is 97.1 Å². The van der Waals surface area contributed by atoms with Gasteiger partial charge in [0.1, 0.15) is 37.4 Å². The molecule has 0 aromatic heterocycles. The summed E-state index contributed by atoms with van der Waals surface area (Å²) in [5, 5.41) is 0. The van der Waals surface area contributed by atoms with Crippen LogP contribution in [0.5, 0.6) is 11.5 Å². The number of carbonyl (C=O) groups excluding carboxylic acids is 5. The van der Waals surface area contributed by atoms with Crippen LogP contribution in [0.3, 0.4) is 0 Å². The molecule has 0 bridgehead atoms. The highest BCUT2D eigenvalue weighted by atomic mass is 16.6. The van der Waals surface area contributed by atoms with E-state index >= 15 is 0 Å². The van der Waals surface area contributed by atoms with Crippen LogP contribution in [0.25, 0.3) is 17.2 Å². The van der Waals surface area contributed by atoms with Gasteiger partial charge in [0.05, 0.1) is 13.0 Å². The van der Waals surface area contributed by atoms with Crippen LogP contribution in [0.2, 0.25) is 0 Å². The Bertz CT molecular complexity index is 1820. The summed E-state index contributed by atoms with van der Waals surface area (Å²) in [5.41, 5.74) is 4.58. The number of aryl methyl sites for hydroxylation is 1. The van der Waals surface area contributed by atoms with Crippen molar-refractivity contribution in [3.05, 3.63) is 114 Å². The van der Waals surface area contributed by atoms with E-state index in [1.807, 2.05) is 42.5 Å². The normalized spacial score (nSPS) is 14.4. The third-order valence-electron chi connectivity index (χ3n) is 8.81. The first-order valence-corrected chi connectivity index (χ1v) is 17.6. The van der Waals surface area contributed by atoms with Gasteiger partial charge in [-0.2, -0.15) is 0 Å². The van der Waals surface area contributed by atoms with Crippen molar-refractivity contribution >= 4 is 35.6 Å². The van der Waals surface area contributed by atoms with Gasteiger partial charge in [0.25, 0.3) is 11.8 Å². The number of allylic oxidation sites excluding steroid dienone is 1. The van der Waals surface area contributed by atoms with Crippen LogP contribution >= 0.6 is 0 Å². The molecule has 270 valence electrons. The quantitative estimate of drug-likeness (QED) is 0.0487. The summed E-state index contributed by atoms with van der Waals surface area (Å²) in [6, 6.07) is 20.4. The Morgan fingerprint density at radius 2 is 1.50 bits per heavy atom. The van der Waals surface area contributed by atoms with E-state index in [-0.39, 0.29) is 62.1 Å². The molecule has 0 radical (unpaired) electrons. The number of esters is 2. The van der Waals surface area contributed by atoms with Crippen molar-refractivity contribution in [1.82, 2.24) is 4.90 Å². The average Bonchev–Trinajstić information content (AvgIpc) is 3.48. The second-order valence-electron chi connectivity index (χ2n) is 12.5. The molecule has 0 saturated heterocycles. The Labute approximate surface area is 303 Å². The minimum atomic E-state index is -0.666. The number of benzene rings is 3. The Morgan fingerprint density at radius 1 is 0.827 bits per heavy atom. The van der Waals surface area contributed by atoms with Gasteiger partial charge in [-0.1, -0.05) is 56.3 Å². The van der Waals surface area contributed by atoms with Gasteiger partial charge in [0.2, 0.25) is 0 Å². The molecule has 1 aliphatic heterocycles. The molecule has 2 amide bonds. The summed E-state index contributed by atoms with van der Waals surface area (Å²) in [4.78, 5) is 61.8. The van der Waals surface area contributed by atoms with Gasteiger partial charge in [-0.3, -0.25) is 24.1 Å². The van der Waals surface area contributed by atoms with Crippen molar-refractivity contribution < 1.29 is 42.9 Å². The lowest BCUT2D eigenvalue weighted by molar-refractivity contribution is -0.151. The molecule has 1 aliphatic carbocycles. The van der Waals surface area contributed by atoms with Crippen molar-refractivity contribution in [1.29, 1.82) is 0 Å². The van der Waals surface area contributed by atoms with Crippen molar-refractivity contribution in [2.75, 3.05) is 26.4 Å². The number of hydrogen-bond donors (Lipinski definition) is 0. The van der Waals surface area contributed by atoms with Crippen LogP contribution in [-0.2, 0) is 35.1 Å². The van der Waals surface area contributed by atoms with E-state index in [1.54, 1.807) is 30.3 Å². The van der Waals surface area contributed by atoms with Crippen LogP contribution < -0.4 is 9.47 Å². The summed E-state index contributed by atoms with van der Waals surface area (Å²) < 4.78 is 22.1. The Kier molecular flexibility index (Phi) is 13.3. The lowest BCUT2D eigenvalue weighted by Gasteiger charge is -2.21. The van der Waals surface area contributed by atoms with Gasteiger partial charge in [-0.05, 0) is 96.8 Å². The lowest BCUT2D eigenvalue weighted by Crippen LogP contribution is -2.33. The van der Waals surface area contributed by atoms with Crippen LogP contribution in [0.4, 0.5) is 0 Å². The van der Waals surface area contributed by atoms with E-state index in [4.69, 9.17) is 18.9 Å². The number of ketones is 1. The van der Waals surface area contributed by atoms with Crippen LogP contribution in [-0.4, -0.2) is 66.9 Å². The first kappa shape index (κ1) is 37.5. The van der Waals surface area contributed by atoms with Gasteiger partial charge in [0, 0.05) is 23.3 Å². The maximum absolute atomic E-state index is 12.8. The summed E-state index contributed by atoms with van der Waals surface area (Å²) in [6.45, 7) is 6.18. The van der Waals surface area contributed by atoms with Gasteiger partial charge >= 0.3 is 11.9 Å². The number of imide groups is 1. The summed E-state index contributed by atoms with van der Waals surface area (Å²) in [5.74, 6) is -0.768. The smallest absolute Gasteiger partial charge is 0.334 e. The highest BCUT2D eigenvalue weighted by Gasteiger charge is 2.23. The second-order valence-corrected chi connectivity index (χ2v) is 12.5. The first-order chi connectivity index (χ1) is 25.2. The highest BCUT2D eigenvalue weighted by Crippen LogP contribution is 2.29. The van der Waals surface area contributed by atoms with Gasteiger partial charge < -0.3 is 18.9 Å². The monoisotopic (exact) mass is 705 g/mol. The highest BCUT2D eigenvalue weighted by molar-refractivity contribution is 6.12. The SMILES string of the molecule is C=C(CC(=O)OC1CCCCC1)C(=O)OCCOc1ccc(C(=O)/C=C/c2ccc(-c3ccc(OCCN4C(=O)C=CC4=O)cc3CC)cc2)cc1. The maximum Gasteiger partial charge on any atom is 0.334 e. The Hall–Kier alpha value is -5.77. The molecule has 2 aliphatic rings. The minimum Gasteiger partial charge on any atom is -0.492 e. The van der Waals surface area contributed by atoms with E-state index < -0.39 is 11.9 Å². The second kappa shape index (κ2) is 18.5. The number of nitrogens with zero attached hydrogens (tertiary/aromatic N) is 1. The molecule has 0 spiro atoms. The van der Waals surface area contributed by atoms with E-state index in [2.05, 4.69) is 13.5 Å². The molecular formula is C42H43NO9. The molecule has 3 aromatic rings. The molecule has 3 aromatic carbocycles. The average molecular weight is 706 g/mol. The molecule has 0 unspecified atom stereocenters. The summed E-state index contributed by atoms with van der Waals surface area (Å²) >= 11 is 0. The van der Waals surface area contributed by atoms with E-state index in [1.165, 1.54) is 18.2 Å². The molecule has 1 fully saturated rings. The number of carbonyl (C=O) groups is 5. The topological polar surface area (TPSA) is 126 Å². The minimum absolute atomic E-state index is 0.0253. The zero-order valence-electron chi connectivity index (χ0n) is 29.3. The van der Waals surface area contributed by atoms with Crippen molar-refractivity contribution in [3.63, 3.8) is 0 Å². The molecule has 0 N–H and O–H groups in total. The number of amides is 2. The summed E-state index contributed by atoms with van der Waals surface area (Å²) in [6.07, 6.45) is 11.2. The third-order valence-corrected chi connectivity index (χ3v) is 8.81. The standard InChI is InChI=1S/C42H43NO9/c1-3-31-28-36(49-24-23-43-39(45)21-22-40(43)46)18-19-37(31)32-12-9-30(10-13-32)11-20-38(44)33-14-16-34(17-15-33)50-25-26-51-42(48)29(2)27-41(47)52-35-7-5-4-6-8-35/h9-22,28,35H,2-8,23-27H2,1H3/b20-11+. The Balaban J connectivity index is 1.03. The third kappa shape index (κ3) is 10.6. The largest absolute Gasteiger partial charge is 0.492 e. The molecule has 10 heteroatoms. The predicted octanol–water partition coefficient (Wildman–Crippen LogP) is 6.86. The van der Waals surface area contributed by atoms with E-state index in [0.717, 1.165) is 65.7 Å². The molecule has 0 atom stereocenters. The number of rotatable bonds is 17. The number of ether oxygens (including phenoxy) is 4. The Morgan fingerprint density at radius 3 is 2.19 bits per heavy atom. The van der Waals surface area contributed by atoms with Gasteiger partial charge in [0.15, 0.2) is 5.78 Å². The fraction of sp³-hybridized carbons (Fsp3) is 0.310. The predicted molar refractivity (Wildman–Crippen MR) is 196 cm³/mol. The zero-order chi connectivity index (χ0) is 36.9. The fourth-order valence-electron chi connectivity index (χ4n) is 5.95. The van der Waals surface area contributed by atoms with Crippen molar-refractivity contribution in [3.8, 4) is 22.6 Å². The molecule has 1 saturated carbocycles. The fourth-order valence-corrected chi connectivity index (χ4v) is 5.95. The van der Waals surface area contributed by atoms with Gasteiger partial charge in [-0.15, -0.1) is 0 Å². The van der Waals surface area contributed by atoms with Crippen molar-refractivity contribution in [2.45, 2.75) is 58.0 Å². The lowest BCUT2D eigenvalue weighted by atomic mass is 9.97. The van der Waals surface area contributed by atoms with Crippen LogP contribution in [0.1, 0.15) is 66.9 Å².